The zero-order valence-electron chi connectivity index (χ0n) is 22.9. The number of carbonyl (C=O) groups excluding carboxylic acids is 2. The highest BCUT2D eigenvalue weighted by molar-refractivity contribution is 5.53. The molecule has 0 aliphatic heterocycles. The average molecular weight is 505 g/mol. The van der Waals surface area contributed by atoms with Crippen LogP contribution in [0.3, 0.4) is 0 Å². The summed E-state index contributed by atoms with van der Waals surface area (Å²) in [6, 6.07) is 30.5. The molecule has 0 saturated carbocycles. The number of isocyanates is 2. The van der Waals surface area contributed by atoms with Crippen LogP contribution in [0.1, 0.15) is 51.3 Å². The number of rotatable bonds is 7. The minimum Gasteiger partial charge on any atom is -0.211 e. The van der Waals surface area contributed by atoms with E-state index in [1.807, 2.05) is 55.5 Å². The van der Waals surface area contributed by atoms with E-state index in [0.717, 1.165) is 23.1 Å². The number of aliphatic imine (C=N–C) groups is 2. The minimum absolute atomic E-state index is 0.0953. The third kappa shape index (κ3) is 5.43. The van der Waals surface area contributed by atoms with Crippen LogP contribution in [-0.4, -0.2) is 18.2 Å². The van der Waals surface area contributed by atoms with Crippen LogP contribution >= 0.6 is 0 Å². The number of hydrogen-bond acceptors (Lipinski definition) is 4. The number of nitrogens with zero attached hydrogens (tertiary/aromatic N) is 2. The van der Waals surface area contributed by atoms with Crippen molar-refractivity contribution in [2.75, 3.05) is 0 Å². The molecule has 194 valence electrons. The summed E-state index contributed by atoms with van der Waals surface area (Å²) in [5, 5.41) is 0. The van der Waals surface area contributed by atoms with Crippen LogP contribution in [0, 0.1) is 11.3 Å². The summed E-state index contributed by atoms with van der Waals surface area (Å²) in [6.07, 6.45) is 8.47. The second-order valence-electron chi connectivity index (χ2n) is 10.0. The Morgan fingerprint density at radius 1 is 0.842 bits per heavy atom. The van der Waals surface area contributed by atoms with E-state index in [2.05, 4.69) is 92.3 Å². The summed E-state index contributed by atoms with van der Waals surface area (Å²) < 4.78 is 0. The van der Waals surface area contributed by atoms with E-state index >= 15 is 0 Å². The molecule has 0 saturated heterocycles. The molecule has 0 aromatic heterocycles. The Bertz CT molecular complexity index is 1310. The summed E-state index contributed by atoms with van der Waals surface area (Å²) in [5.74, 6) is 0.0953. The van der Waals surface area contributed by atoms with Gasteiger partial charge in [-0.05, 0) is 47.6 Å². The highest BCUT2D eigenvalue weighted by atomic mass is 16.1. The van der Waals surface area contributed by atoms with Crippen molar-refractivity contribution in [2.24, 2.45) is 21.3 Å². The first-order valence-electron chi connectivity index (χ1n) is 13.1. The van der Waals surface area contributed by atoms with Gasteiger partial charge in [0.1, 0.15) is 0 Å². The zero-order valence-corrected chi connectivity index (χ0v) is 22.9. The van der Waals surface area contributed by atoms with Gasteiger partial charge < -0.3 is 0 Å². The molecule has 1 aliphatic carbocycles. The predicted molar refractivity (Wildman–Crippen MR) is 154 cm³/mol. The fraction of sp³-hybridized carbons (Fsp3) is 0.294. The average Bonchev–Trinajstić information content (AvgIpc) is 2.96. The predicted octanol–water partition coefficient (Wildman–Crippen LogP) is 7.77. The van der Waals surface area contributed by atoms with Crippen LogP contribution in [0.2, 0.25) is 0 Å². The highest BCUT2D eigenvalue weighted by Gasteiger charge is 2.57. The number of allylic oxidation sites excluding steroid dienone is 1. The fourth-order valence-corrected chi connectivity index (χ4v) is 5.82. The lowest BCUT2D eigenvalue weighted by atomic mass is 9.49. The summed E-state index contributed by atoms with van der Waals surface area (Å²) >= 11 is 0. The molecule has 0 spiro atoms. The molecule has 0 fully saturated rings. The minimum atomic E-state index is -0.598. The number of benzene rings is 3. The first-order valence-corrected chi connectivity index (χ1v) is 13.1. The smallest absolute Gasteiger partial charge is 0.211 e. The van der Waals surface area contributed by atoms with Gasteiger partial charge in [-0.3, -0.25) is 0 Å². The van der Waals surface area contributed by atoms with Gasteiger partial charge in [0.2, 0.25) is 12.2 Å². The Hall–Kier alpha value is -4.10. The van der Waals surface area contributed by atoms with E-state index < -0.39 is 16.9 Å². The Morgan fingerprint density at radius 2 is 1.34 bits per heavy atom. The standard InChI is InChI=1S/C26H26N2O2.C8H10/c1-19(2)26(16-15-23(27-17-29)20(3)24(26)28-18-30)25(4,21-11-7-5-8-12-21)22-13-9-6-10-14-22;1-2-8-6-4-3-5-7-8/h5-16,19,24H,1-4H3;3-7H,2H2,1H3. The van der Waals surface area contributed by atoms with Crippen LogP contribution in [0.4, 0.5) is 0 Å². The second kappa shape index (κ2) is 12.9. The van der Waals surface area contributed by atoms with E-state index in [1.54, 1.807) is 12.2 Å². The van der Waals surface area contributed by atoms with E-state index in [4.69, 9.17) is 0 Å². The second-order valence-corrected chi connectivity index (χ2v) is 10.0. The van der Waals surface area contributed by atoms with Crippen LogP contribution in [0.25, 0.3) is 0 Å². The van der Waals surface area contributed by atoms with E-state index in [0.29, 0.717) is 5.70 Å². The molecule has 0 amide bonds. The van der Waals surface area contributed by atoms with E-state index in [9.17, 15) is 9.59 Å². The largest absolute Gasteiger partial charge is 0.240 e. The Morgan fingerprint density at radius 3 is 1.74 bits per heavy atom. The van der Waals surface area contributed by atoms with Crippen molar-refractivity contribution in [2.45, 2.75) is 52.5 Å². The molecular formula is C34H36N2O2. The van der Waals surface area contributed by atoms with Gasteiger partial charge >= 0.3 is 0 Å². The third-order valence-corrected chi connectivity index (χ3v) is 7.91. The summed E-state index contributed by atoms with van der Waals surface area (Å²) in [7, 11) is 0. The summed E-state index contributed by atoms with van der Waals surface area (Å²) in [6.45, 7) is 10.5. The van der Waals surface area contributed by atoms with Gasteiger partial charge in [-0.15, -0.1) is 0 Å². The SMILES string of the molecule is CC1=C(N=C=O)C=CC(C(C)C)(C(C)(c2ccccc2)c2ccccc2)C1N=C=O.CCc1ccccc1. The fourth-order valence-electron chi connectivity index (χ4n) is 5.82. The zero-order chi connectivity index (χ0) is 27.6. The third-order valence-electron chi connectivity index (χ3n) is 7.91. The van der Waals surface area contributed by atoms with Crippen molar-refractivity contribution in [3.8, 4) is 0 Å². The van der Waals surface area contributed by atoms with Crippen molar-refractivity contribution in [3.05, 3.63) is 131 Å². The van der Waals surface area contributed by atoms with Crippen LogP contribution in [-0.2, 0) is 21.4 Å². The van der Waals surface area contributed by atoms with Gasteiger partial charge in [-0.1, -0.05) is 125 Å². The first-order chi connectivity index (χ1) is 18.4. The van der Waals surface area contributed by atoms with Crippen LogP contribution in [0.5, 0.6) is 0 Å². The topological polar surface area (TPSA) is 58.9 Å². The molecule has 4 nitrogen and oxygen atoms in total. The highest BCUT2D eigenvalue weighted by Crippen LogP contribution is 2.58. The Kier molecular flexibility index (Phi) is 9.68. The molecule has 2 atom stereocenters. The Balaban J connectivity index is 0.000000427. The summed E-state index contributed by atoms with van der Waals surface area (Å²) in [5.41, 5.74) is 3.78. The van der Waals surface area contributed by atoms with Gasteiger partial charge in [0.05, 0.1) is 11.7 Å². The maximum atomic E-state index is 11.5. The molecule has 38 heavy (non-hydrogen) atoms. The van der Waals surface area contributed by atoms with Gasteiger partial charge in [0.15, 0.2) is 0 Å². The molecule has 1 aliphatic rings. The normalized spacial score (nSPS) is 18.6. The lowest BCUT2D eigenvalue weighted by Gasteiger charge is -2.54. The molecule has 3 aromatic carbocycles. The molecule has 0 bridgehead atoms. The monoisotopic (exact) mass is 504 g/mol. The Labute approximate surface area is 226 Å². The van der Waals surface area contributed by atoms with Gasteiger partial charge in [-0.25, -0.2) is 9.59 Å². The molecule has 0 N–H and O–H groups in total. The van der Waals surface area contributed by atoms with E-state index in [-0.39, 0.29) is 5.92 Å². The maximum absolute atomic E-state index is 11.5. The van der Waals surface area contributed by atoms with Crippen molar-refractivity contribution >= 4 is 12.2 Å². The molecule has 4 heteroatoms. The van der Waals surface area contributed by atoms with E-state index in [1.165, 1.54) is 5.56 Å². The van der Waals surface area contributed by atoms with Crippen molar-refractivity contribution in [1.82, 2.24) is 0 Å². The van der Waals surface area contributed by atoms with Crippen LogP contribution in [0.15, 0.2) is 124 Å². The van der Waals surface area contributed by atoms with Gasteiger partial charge in [-0.2, -0.15) is 9.98 Å². The van der Waals surface area contributed by atoms with Gasteiger partial charge in [0, 0.05) is 10.8 Å². The molecule has 0 radical (unpaired) electrons. The lowest BCUT2D eigenvalue weighted by molar-refractivity contribution is 0.129. The lowest BCUT2D eigenvalue weighted by Crippen LogP contribution is -2.55. The summed E-state index contributed by atoms with van der Waals surface area (Å²) in [4.78, 5) is 30.6. The quantitative estimate of drug-likeness (QED) is 0.244. The molecule has 4 rings (SSSR count). The van der Waals surface area contributed by atoms with Crippen molar-refractivity contribution < 1.29 is 9.59 Å². The number of hydrogen-bond donors (Lipinski definition) is 0. The first kappa shape index (κ1) is 28.5. The molecular weight excluding hydrogens is 468 g/mol. The van der Waals surface area contributed by atoms with Crippen molar-refractivity contribution in [1.29, 1.82) is 0 Å². The molecule has 2 unspecified atom stereocenters. The molecule has 3 aromatic rings. The number of aryl methyl sites for hydroxylation is 1. The maximum Gasteiger partial charge on any atom is 0.240 e. The van der Waals surface area contributed by atoms with Crippen LogP contribution < -0.4 is 0 Å². The van der Waals surface area contributed by atoms with Gasteiger partial charge in [0.25, 0.3) is 0 Å². The van der Waals surface area contributed by atoms with Crippen molar-refractivity contribution in [3.63, 3.8) is 0 Å². The molecule has 0 heterocycles.